The van der Waals surface area contributed by atoms with Crippen molar-refractivity contribution in [1.29, 1.82) is 0 Å². The van der Waals surface area contributed by atoms with E-state index in [1.165, 1.54) is 0 Å². The third kappa shape index (κ3) is 2.56. The number of carbonyl (C=O) groups excluding carboxylic acids is 1. The summed E-state index contributed by atoms with van der Waals surface area (Å²) in [6.45, 7) is 3.44. The topological polar surface area (TPSA) is 83.8 Å². The van der Waals surface area contributed by atoms with Gasteiger partial charge in [0, 0.05) is 0 Å². The van der Waals surface area contributed by atoms with E-state index in [4.69, 9.17) is 4.74 Å². The van der Waals surface area contributed by atoms with Gasteiger partial charge in [0.2, 0.25) is 0 Å². The van der Waals surface area contributed by atoms with E-state index in [1.54, 1.807) is 13.8 Å². The second-order valence-electron chi connectivity index (χ2n) is 4.52. The molecule has 1 saturated carbocycles. The number of hydrogen-bond acceptors (Lipinski definition) is 3. The molecular formula is C11H21O5P. The molecule has 1 unspecified atom stereocenters. The zero-order valence-electron chi connectivity index (χ0n) is 10.4. The van der Waals surface area contributed by atoms with Gasteiger partial charge in [-0.2, -0.15) is 0 Å². The molecule has 1 atom stereocenters. The van der Waals surface area contributed by atoms with Crippen molar-refractivity contribution >= 4 is 13.6 Å². The van der Waals surface area contributed by atoms with Gasteiger partial charge in [0.1, 0.15) is 0 Å². The highest BCUT2D eigenvalue weighted by Gasteiger charge is 2.58. The van der Waals surface area contributed by atoms with Crippen LogP contribution in [-0.4, -0.2) is 27.5 Å². The van der Waals surface area contributed by atoms with Crippen molar-refractivity contribution in [3.63, 3.8) is 0 Å². The van der Waals surface area contributed by atoms with E-state index in [0.29, 0.717) is 12.8 Å². The van der Waals surface area contributed by atoms with Gasteiger partial charge < -0.3 is 14.5 Å². The Bertz CT molecular complexity index is 318. The van der Waals surface area contributed by atoms with E-state index in [1.807, 2.05) is 0 Å². The largest absolute Gasteiger partial charge is 0.465 e. The Kier molecular flexibility index (Phi) is 4.76. The Morgan fingerprint density at radius 2 is 1.88 bits per heavy atom. The Morgan fingerprint density at radius 1 is 1.35 bits per heavy atom. The van der Waals surface area contributed by atoms with E-state index in [2.05, 4.69) is 0 Å². The van der Waals surface area contributed by atoms with Crippen LogP contribution in [0.2, 0.25) is 0 Å². The van der Waals surface area contributed by atoms with Crippen LogP contribution >= 0.6 is 7.60 Å². The number of rotatable bonds is 5. The van der Waals surface area contributed by atoms with Crippen LogP contribution in [0.15, 0.2) is 0 Å². The van der Waals surface area contributed by atoms with Crippen molar-refractivity contribution in [3.8, 4) is 0 Å². The van der Waals surface area contributed by atoms with Crippen molar-refractivity contribution in [2.24, 2.45) is 5.92 Å². The maximum atomic E-state index is 12.0. The van der Waals surface area contributed by atoms with Crippen LogP contribution in [0, 0.1) is 5.92 Å². The quantitative estimate of drug-likeness (QED) is 0.586. The maximum absolute atomic E-state index is 12.0. The highest BCUT2D eigenvalue weighted by atomic mass is 31.2. The first-order chi connectivity index (χ1) is 7.90. The zero-order valence-corrected chi connectivity index (χ0v) is 11.3. The lowest BCUT2D eigenvalue weighted by atomic mass is 9.87. The Morgan fingerprint density at radius 3 is 2.24 bits per heavy atom. The Hall–Kier alpha value is -0.380. The highest BCUT2D eigenvalue weighted by molar-refractivity contribution is 7.54. The van der Waals surface area contributed by atoms with Crippen molar-refractivity contribution in [3.05, 3.63) is 0 Å². The molecule has 100 valence electrons. The summed E-state index contributed by atoms with van der Waals surface area (Å²) in [7, 11) is -4.52. The van der Waals surface area contributed by atoms with Crippen LogP contribution in [-0.2, 0) is 14.1 Å². The van der Waals surface area contributed by atoms with Gasteiger partial charge >= 0.3 is 13.6 Å². The third-order valence-electron chi connectivity index (χ3n) is 3.72. The molecular weight excluding hydrogens is 243 g/mol. The molecule has 0 spiro atoms. The molecule has 0 aromatic rings. The van der Waals surface area contributed by atoms with Gasteiger partial charge in [-0.25, -0.2) is 0 Å². The summed E-state index contributed by atoms with van der Waals surface area (Å²) in [6, 6.07) is 0. The maximum Gasteiger partial charge on any atom is 0.343 e. The molecule has 0 aliphatic heterocycles. The Balaban J connectivity index is 3.13. The highest BCUT2D eigenvalue weighted by Crippen LogP contribution is 2.60. The van der Waals surface area contributed by atoms with Crippen LogP contribution in [0.1, 0.15) is 46.0 Å². The second-order valence-corrected chi connectivity index (χ2v) is 6.41. The van der Waals surface area contributed by atoms with Gasteiger partial charge in [0.05, 0.1) is 6.61 Å². The molecule has 0 heterocycles. The summed E-state index contributed by atoms with van der Waals surface area (Å²) >= 11 is 0. The Labute approximate surface area is 102 Å². The third-order valence-corrected chi connectivity index (χ3v) is 5.62. The molecule has 1 aliphatic rings. The SMILES string of the molecule is CCOC(=O)C(CC)(C1CCCC1)P(=O)(O)O. The first-order valence-electron chi connectivity index (χ1n) is 6.13. The van der Waals surface area contributed by atoms with E-state index in [0.717, 1.165) is 12.8 Å². The molecule has 17 heavy (non-hydrogen) atoms. The van der Waals surface area contributed by atoms with E-state index in [-0.39, 0.29) is 18.9 Å². The van der Waals surface area contributed by atoms with E-state index in [9.17, 15) is 19.1 Å². The molecule has 0 saturated heterocycles. The number of hydrogen-bond donors (Lipinski definition) is 2. The molecule has 0 bridgehead atoms. The van der Waals surface area contributed by atoms with Gasteiger partial charge in [-0.15, -0.1) is 0 Å². The van der Waals surface area contributed by atoms with Crippen LogP contribution in [0.25, 0.3) is 0 Å². The normalized spacial score (nSPS) is 21.2. The van der Waals surface area contributed by atoms with Gasteiger partial charge in [-0.05, 0) is 32.1 Å². The predicted octanol–water partition coefficient (Wildman–Crippen LogP) is 2.07. The van der Waals surface area contributed by atoms with Crippen molar-refractivity contribution in [1.82, 2.24) is 0 Å². The molecule has 5 nitrogen and oxygen atoms in total. The fraction of sp³-hybridized carbons (Fsp3) is 0.909. The van der Waals surface area contributed by atoms with Gasteiger partial charge in [0.25, 0.3) is 0 Å². The average molecular weight is 264 g/mol. The summed E-state index contributed by atoms with van der Waals surface area (Å²) in [4.78, 5) is 31.2. The number of ether oxygens (including phenoxy) is 1. The van der Waals surface area contributed by atoms with Crippen LogP contribution in [0.3, 0.4) is 0 Å². The first kappa shape index (κ1) is 14.7. The second kappa shape index (κ2) is 5.51. The monoisotopic (exact) mass is 264 g/mol. The molecule has 6 heteroatoms. The molecule has 0 aromatic carbocycles. The molecule has 0 aromatic heterocycles. The van der Waals surface area contributed by atoms with Crippen molar-refractivity contribution < 1.29 is 23.9 Å². The van der Waals surface area contributed by atoms with Crippen LogP contribution in [0.4, 0.5) is 0 Å². The minimum atomic E-state index is -4.52. The molecule has 1 aliphatic carbocycles. The standard InChI is InChI=1S/C11H21O5P/c1-3-11(17(13,14)15,10(12)16-4-2)9-7-5-6-8-9/h9H,3-8H2,1-2H3,(H2,13,14,15). The van der Waals surface area contributed by atoms with E-state index < -0.39 is 18.7 Å². The van der Waals surface area contributed by atoms with Crippen LogP contribution < -0.4 is 0 Å². The molecule has 0 radical (unpaired) electrons. The minimum absolute atomic E-state index is 0.126. The number of carbonyl (C=O) groups is 1. The molecule has 1 fully saturated rings. The van der Waals surface area contributed by atoms with Crippen LogP contribution in [0.5, 0.6) is 0 Å². The van der Waals surface area contributed by atoms with Crippen molar-refractivity contribution in [2.75, 3.05) is 6.61 Å². The minimum Gasteiger partial charge on any atom is -0.465 e. The number of esters is 1. The lowest BCUT2D eigenvalue weighted by Crippen LogP contribution is -2.45. The summed E-state index contributed by atoms with van der Waals surface area (Å²) in [5.41, 5.74) is 0. The predicted molar refractivity (Wildman–Crippen MR) is 63.7 cm³/mol. The lowest BCUT2D eigenvalue weighted by Gasteiger charge is -2.35. The summed E-state index contributed by atoms with van der Waals surface area (Å²) in [5, 5.41) is -1.63. The van der Waals surface area contributed by atoms with Gasteiger partial charge in [0.15, 0.2) is 5.16 Å². The summed E-state index contributed by atoms with van der Waals surface area (Å²) < 4.78 is 16.7. The molecule has 1 rings (SSSR count). The molecule has 0 amide bonds. The van der Waals surface area contributed by atoms with Gasteiger partial charge in [-0.3, -0.25) is 9.36 Å². The van der Waals surface area contributed by atoms with E-state index >= 15 is 0 Å². The van der Waals surface area contributed by atoms with Gasteiger partial charge in [-0.1, -0.05) is 19.8 Å². The van der Waals surface area contributed by atoms with Crippen molar-refractivity contribution in [2.45, 2.75) is 51.1 Å². The lowest BCUT2D eigenvalue weighted by molar-refractivity contribution is -0.148. The first-order valence-corrected chi connectivity index (χ1v) is 7.74. The fourth-order valence-electron chi connectivity index (χ4n) is 2.82. The smallest absolute Gasteiger partial charge is 0.343 e. The zero-order chi connectivity index (χ0) is 13.1. The molecule has 2 N–H and O–H groups in total. The summed E-state index contributed by atoms with van der Waals surface area (Å²) in [5.74, 6) is -0.991. The summed E-state index contributed by atoms with van der Waals surface area (Å²) in [6.07, 6.45) is 3.36. The average Bonchev–Trinajstić information content (AvgIpc) is 2.71. The fourth-order valence-corrected chi connectivity index (χ4v) is 4.27.